The molecule has 0 radical (unpaired) electrons. The number of anilines is 1. The Morgan fingerprint density at radius 2 is 2.24 bits per heavy atom. The average molecular weight is 292 g/mol. The second-order valence-corrected chi connectivity index (χ2v) is 5.81. The standard InChI is InChI=1S/C16H24N2O3/c1-3-6-14-7-4-5-10-17(14)15-9-8-13(12(2)19)11-16(15)18(20)21/h8-9,11-12,14,19H,3-7,10H2,1-2H3/t12-,14?/m0/s1. The third-order valence-electron chi connectivity index (χ3n) is 4.24. The number of aliphatic hydroxyl groups excluding tert-OH is 1. The Kier molecular flexibility index (Phi) is 5.17. The van der Waals surface area contributed by atoms with Crippen LogP contribution in [-0.4, -0.2) is 22.6 Å². The number of nitrogens with zero attached hydrogens (tertiary/aromatic N) is 2. The summed E-state index contributed by atoms with van der Waals surface area (Å²) in [5.74, 6) is 0. The number of nitro benzene ring substituents is 1. The molecule has 0 aromatic heterocycles. The fourth-order valence-corrected chi connectivity index (χ4v) is 3.14. The molecule has 0 amide bonds. The van der Waals surface area contributed by atoms with Gasteiger partial charge in [0.05, 0.1) is 11.0 Å². The minimum Gasteiger partial charge on any atom is -0.389 e. The highest BCUT2D eigenvalue weighted by Gasteiger charge is 2.28. The number of aliphatic hydroxyl groups is 1. The lowest BCUT2D eigenvalue weighted by atomic mass is 9.96. The summed E-state index contributed by atoms with van der Waals surface area (Å²) in [5, 5.41) is 21.0. The maximum atomic E-state index is 11.4. The van der Waals surface area contributed by atoms with Crippen molar-refractivity contribution in [3.63, 3.8) is 0 Å². The molecular weight excluding hydrogens is 268 g/mol. The van der Waals surface area contributed by atoms with Crippen LogP contribution in [0.4, 0.5) is 11.4 Å². The van der Waals surface area contributed by atoms with Crippen molar-refractivity contribution < 1.29 is 10.0 Å². The van der Waals surface area contributed by atoms with E-state index >= 15 is 0 Å². The summed E-state index contributed by atoms with van der Waals surface area (Å²) in [6, 6.07) is 5.50. The largest absolute Gasteiger partial charge is 0.389 e. The topological polar surface area (TPSA) is 66.6 Å². The summed E-state index contributed by atoms with van der Waals surface area (Å²) in [5.41, 5.74) is 1.40. The van der Waals surface area contributed by atoms with Crippen molar-refractivity contribution >= 4 is 11.4 Å². The van der Waals surface area contributed by atoms with Gasteiger partial charge in [0.25, 0.3) is 5.69 Å². The van der Waals surface area contributed by atoms with Gasteiger partial charge in [-0.2, -0.15) is 0 Å². The van der Waals surface area contributed by atoms with Crippen LogP contribution >= 0.6 is 0 Å². The molecule has 5 heteroatoms. The fourth-order valence-electron chi connectivity index (χ4n) is 3.14. The van der Waals surface area contributed by atoms with E-state index in [1.54, 1.807) is 19.1 Å². The van der Waals surface area contributed by atoms with E-state index in [1.165, 1.54) is 12.5 Å². The maximum absolute atomic E-state index is 11.4. The summed E-state index contributed by atoms with van der Waals surface area (Å²) in [6.07, 6.45) is 4.83. The molecule has 1 heterocycles. The first kappa shape index (κ1) is 15.8. The van der Waals surface area contributed by atoms with Crippen molar-refractivity contribution in [1.82, 2.24) is 0 Å². The van der Waals surface area contributed by atoms with Crippen LogP contribution in [-0.2, 0) is 0 Å². The van der Waals surface area contributed by atoms with E-state index < -0.39 is 6.10 Å². The van der Waals surface area contributed by atoms with Gasteiger partial charge in [-0.1, -0.05) is 19.4 Å². The average Bonchev–Trinajstić information content (AvgIpc) is 2.47. The van der Waals surface area contributed by atoms with Crippen LogP contribution in [0.25, 0.3) is 0 Å². The Morgan fingerprint density at radius 1 is 1.48 bits per heavy atom. The fraction of sp³-hybridized carbons (Fsp3) is 0.625. The lowest BCUT2D eigenvalue weighted by molar-refractivity contribution is -0.384. The van der Waals surface area contributed by atoms with Crippen molar-refractivity contribution in [2.75, 3.05) is 11.4 Å². The molecule has 0 aliphatic carbocycles. The smallest absolute Gasteiger partial charge is 0.292 e. The lowest BCUT2D eigenvalue weighted by Gasteiger charge is -2.37. The van der Waals surface area contributed by atoms with Crippen LogP contribution < -0.4 is 4.90 Å². The molecule has 1 aliphatic heterocycles. The molecule has 1 aromatic carbocycles. The number of benzene rings is 1. The highest BCUT2D eigenvalue weighted by atomic mass is 16.6. The maximum Gasteiger partial charge on any atom is 0.292 e. The number of nitro groups is 1. The molecule has 1 fully saturated rings. The predicted octanol–water partition coefficient (Wildman–Crippen LogP) is 3.81. The van der Waals surface area contributed by atoms with Gasteiger partial charge in [-0.25, -0.2) is 0 Å². The van der Waals surface area contributed by atoms with Crippen LogP contribution in [0.2, 0.25) is 0 Å². The van der Waals surface area contributed by atoms with Crippen LogP contribution in [0.1, 0.15) is 57.6 Å². The second kappa shape index (κ2) is 6.89. The highest BCUT2D eigenvalue weighted by Crippen LogP contribution is 2.35. The molecule has 1 aromatic rings. The molecule has 2 rings (SSSR count). The third kappa shape index (κ3) is 3.53. The van der Waals surface area contributed by atoms with Crippen molar-refractivity contribution in [2.45, 2.75) is 58.1 Å². The minimum absolute atomic E-state index is 0.108. The summed E-state index contributed by atoms with van der Waals surface area (Å²) < 4.78 is 0. The number of piperidine rings is 1. The Morgan fingerprint density at radius 3 is 2.86 bits per heavy atom. The molecule has 0 saturated carbocycles. The van der Waals surface area contributed by atoms with E-state index in [4.69, 9.17) is 0 Å². The predicted molar refractivity (Wildman–Crippen MR) is 83.6 cm³/mol. The first-order valence-electron chi connectivity index (χ1n) is 7.77. The lowest BCUT2D eigenvalue weighted by Crippen LogP contribution is -2.39. The van der Waals surface area contributed by atoms with Crippen molar-refractivity contribution in [3.8, 4) is 0 Å². The zero-order valence-electron chi connectivity index (χ0n) is 12.8. The molecule has 116 valence electrons. The first-order chi connectivity index (χ1) is 10.0. The van der Waals surface area contributed by atoms with Gasteiger partial charge in [-0.05, 0) is 44.2 Å². The van der Waals surface area contributed by atoms with Gasteiger partial charge in [0, 0.05) is 18.7 Å². The summed E-state index contributed by atoms with van der Waals surface area (Å²) in [6.45, 7) is 4.65. The van der Waals surface area contributed by atoms with Crippen molar-refractivity contribution in [1.29, 1.82) is 0 Å². The van der Waals surface area contributed by atoms with Crippen LogP contribution in [0.5, 0.6) is 0 Å². The molecule has 21 heavy (non-hydrogen) atoms. The third-order valence-corrected chi connectivity index (χ3v) is 4.24. The molecule has 2 atom stereocenters. The molecule has 1 saturated heterocycles. The number of rotatable bonds is 5. The molecule has 1 N–H and O–H groups in total. The summed E-state index contributed by atoms with van der Waals surface area (Å²) >= 11 is 0. The van der Waals surface area contributed by atoms with Gasteiger partial charge in [-0.15, -0.1) is 0 Å². The summed E-state index contributed by atoms with van der Waals surface area (Å²) in [4.78, 5) is 13.3. The normalized spacial score (nSPS) is 20.3. The van der Waals surface area contributed by atoms with Gasteiger partial charge in [-0.3, -0.25) is 10.1 Å². The van der Waals surface area contributed by atoms with Gasteiger partial charge < -0.3 is 10.0 Å². The van der Waals surface area contributed by atoms with Gasteiger partial charge in [0.1, 0.15) is 5.69 Å². The van der Waals surface area contributed by atoms with Gasteiger partial charge in [0.15, 0.2) is 0 Å². The SMILES string of the molecule is CCCC1CCCCN1c1ccc([C@H](C)O)cc1[N+](=O)[O-]. The van der Waals surface area contributed by atoms with Crippen LogP contribution in [0.15, 0.2) is 18.2 Å². The van der Waals surface area contributed by atoms with Crippen molar-refractivity contribution in [2.24, 2.45) is 0 Å². The van der Waals surface area contributed by atoms with Gasteiger partial charge in [0.2, 0.25) is 0 Å². The second-order valence-electron chi connectivity index (χ2n) is 5.81. The van der Waals surface area contributed by atoms with Crippen LogP contribution in [0, 0.1) is 10.1 Å². The van der Waals surface area contributed by atoms with Gasteiger partial charge >= 0.3 is 0 Å². The molecule has 0 bridgehead atoms. The van der Waals surface area contributed by atoms with E-state index in [-0.39, 0.29) is 10.6 Å². The summed E-state index contributed by atoms with van der Waals surface area (Å²) in [7, 11) is 0. The Labute approximate surface area is 125 Å². The van der Waals surface area contributed by atoms with E-state index in [1.807, 2.05) is 0 Å². The van der Waals surface area contributed by atoms with E-state index in [0.717, 1.165) is 32.2 Å². The first-order valence-corrected chi connectivity index (χ1v) is 7.77. The van der Waals surface area contributed by atoms with Crippen molar-refractivity contribution in [3.05, 3.63) is 33.9 Å². The zero-order valence-corrected chi connectivity index (χ0v) is 12.8. The van der Waals surface area contributed by atoms with E-state index in [9.17, 15) is 15.2 Å². The Balaban J connectivity index is 2.38. The molecule has 5 nitrogen and oxygen atoms in total. The Bertz CT molecular complexity index is 500. The van der Waals surface area contributed by atoms with Crippen LogP contribution in [0.3, 0.4) is 0 Å². The number of hydrogen-bond donors (Lipinski definition) is 1. The quantitative estimate of drug-likeness (QED) is 0.662. The Hall–Kier alpha value is -1.62. The van der Waals surface area contributed by atoms with E-state index in [0.29, 0.717) is 17.3 Å². The van der Waals surface area contributed by atoms with E-state index in [2.05, 4.69) is 11.8 Å². The molecular formula is C16H24N2O3. The molecule has 0 spiro atoms. The highest BCUT2D eigenvalue weighted by molar-refractivity contribution is 5.65. The molecule has 1 unspecified atom stereocenters. The monoisotopic (exact) mass is 292 g/mol. The zero-order chi connectivity index (χ0) is 15.4. The number of hydrogen-bond acceptors (Lipinski definition) is 4. The minimum atomic E-state index is -0.689. The molecule has 1 aliphatic rings.